The third kappa shape index (κ3) is 4.44. The van der Waals surface area contributed by atoms with Gasteiger partial charge in [0.2, 0.25) is 0 Å². The summed E-state index contributed by atoms with van der Waals surface area (Å²) in [6, 6.07) is 12.0. The van der Waals surface area contributed by atoms with Crippen molar-refractivity contribution < 1.29 is 23.8 Å². The van der Waals surface area contributed by atoms with E-state index in [2.05, 4.69) is 9.47 Å². The predicted molar refractivity (Wildman–Crippen MR) is 130 cm³/mol. The minimum Gasteiger partial charge on any atom is -0.465 e. The molecule has 0 saturated carbocycles. The molecule has 1 N–H and O–H groups in total. The number of carbonyl (C=O) groups is 2. The number of amides is 1. The van der Waals surface area contributed by atoms with Crippen molar-refractivity contribution in [1.82, 2.24) is 14.4 Å². The Kier molecular flexibility index (Phi) is 6.58. The van der Waals surface area contributed by atoms with Gasteiger partial charge in [-0.3, -0.25) is 9.69 Å². The Hall–Kier alpha value is -3.23. The first-order chi connectivity index (χ1) is 17.0. The van der Waals surface area contributed by atoms with Gasteiger partial charge in [0.05, 0.1) is 24.8 Å². The van der Waals surface area contributed by atoms with Crippen LogP contribution in [0.1, 0.15) is 44.8 Å². The van der Waals surface area contributed by atoms with E-state index >= 15 is 0 Å². The number of aliphatic hydroxyl groups excluding tert-OH is 1. The molecule has 1 fully saturated rings. The average molecular weight is 480 g/mol. The third-order valence-corrected chi connectivity index (χ3v) is 7.34. The molecule has 1 amide bonds. The second-order valence-corrected chi connectivity index (χ2v) is 9.31. The minimum atomic E-state index is -0.388. The molecular formula is C27H30FN3O4. The molecule has 2 aliphatic heterocycles. The SMILES string of the molecule is COC(=O)c1ccc(Cn2c3c(c4cc(F)ccc42)C(=O)N(CCN2CCC[C@@H]2CO)CC3)cc1. The van der Waals surface area contributed by atoms with Gasteiger partial charge < -0.3 is 19.3 Å². The zero-order valence-electron chi connectivity index (χ0n) is 19.9. The number of carbonyl (C=O) groups excluding carboxylic acids is 2. The molecule has 3 heterocycles. The summed E-state index contributed by atoms with van der Waals surface area (Å²) in [6.45, 7) is 3.52. The van der Waals surface area contributed by atoms with E-state index in [0.717, 1.165) is 42.7 Å². The molecule has 3 aromatic rings. The van der Waals surface area contributed by atoms with Crippen LogP contribution in [0.3, 0.4) is 0 Å². The van der Waals surface area contributed by atoms with Crippen molar-refractivity contribution in [3.05, 3.63) is 70.7 Å². The fourth-order valence-corrected chi connectivity index (χ4v) is 5.46. The van der Waals surface area contributed by atoms with Gasteiger partial charge in [0.25, 0.3) is 5.91 Å². The second kappa shape index (κ2) is 9.79. The number of halogens is 1. The zero-order chi connectivity index (χ0) is 24.5. The highest BCUT2D eigenvalue weighted by Crippen LogP contribution is 2.32. The summed E-state index contributed by atoms with van der Waals surface area (Å²) in [6.07, 6.45) is 2.74. The molecule has 0 unspecified atom stereocenters. The van der Waals surface area contributed by atoms with Crippen LogP contribution in [-0.4, -0.2) is 77.3 Å². The monoisotopic (exact) mass is 479 g/mol. The maximum Gasteiger partial charge on any atom is 0.337 e. The van der Waals surface area contributed by atoms with Gasteiger partial charge in [-0.2, -0.15) is 0 Å². The van der Waals surface area contributed by atoms with Gasteiger partial charge in [-0.05, 0) is 55.3 Å². The number of benzene rings is 2. The summed E-state index contributed by atoms with van der Waals surface area (Å²) >= 11 is 0. The lowest BCUT2D eigenvalue weighted by molar-refractivity contribution is 0.0600. The van der Waals surface area contributed by atoms with Crippen molar-refractivity contribution in [1.29, 1.82) is 0 Å². The van der Waals surface area contributed by atoms with Crippen molar-refractivity contribution >= 4 is 22.8 Å². The number of fused-ring (bicyclic) bond motifs is 3. The Morgan fingerprint density at radius 3 is 2.69 bits per heavy atom. The number of likely N-dealkylation sites (tertiary alicyclic amines) is 1. The number of aromatic nitrogens is 1. The number of rotatable bonds is 7. The van der Waals surface area contributed by atoms with E-state index in [4.69, 9.17) is 4.74 Å². The number of esters is 1. The fraction of sp³-hybridized carbons (Fsp3) is 0.407. The first kappa shape index (κ1) is 23.5. The standard InChI is InChI=1S/C27H30FN3O4/c1-35-27(34)19-6-4-18(5-7-19)16-31-23-9-8-20(28)15-22(23)25-24(31)10-12-30(26(25)33)14-13-29-11-2-3-21(29)17-32/h4-9,15,21,32H,2-3,10-14,16-17H2,1H3/t21-/m1/s1. The van der Waals surface area contributed by atoms with Crippen molar-refractivity contribution in [2.24, 2.45) is 0 Å². The number of methoxy groups -OCH3 is 1. The van der Waals surface area contributed by atoms with Crippen LogP contribution in [0.25, 0.3) is 10.9 Å². The summed E-state index contributed by atoms with van der Waals surface area (Å²) < 4.78 is 21.1. The fourth-order valence-electron chi connectivity index (χ4n) is 5.46. The van der Waals surface area contributed by atoms with Crippen molar-refractivity contribution in [2.45, 2.75) is 31.8 Å². The summed E-state index contributed by atoms with van der Waals surface area (Å²) in [4.78, 5) is 29.5. The molecule has 1 saturated heterocycles. The van der Waals surface area contributed by atoms with E-state index in [9.17, 15) is 19.1 Å². The smallest absolute Gasteiger partial charge is 0.337 e. The van der Waals surface area contributed by atoms with E-state index in [1.165, 1.54) is 19.2 Å². The molecule has 5 rings (SSSR count). The Balaban J connectivity index is 1.43. The highest BCUT2D eigenvalue weighted by molar-refractivity contribution is 6.09. The lowest BCUT2D eigenvalue weighted by atomic mass is 10.0. The number of aliphatic hydroxyl groups is 1. The van der Waals surface area contributed by atoms with Gasteiger partial charge in [-0.25, -0.2) is 9.18 Å². The van der Waals surface area contributed by atoms with Gasteiger partial charge in [0.1, 0.15) is 5.82 Å². The molecule has 2 aromatic carbocycles. The molecule has 0 bridgehead atoms. The second-order valence-electron chi connectivity index (χ2n) is 9.31. The number of nitrogens with zero attached hydrogens (tertiary/aromatic N) is 3. The Morgan fingerprint density at radius 1 is 1.14 bits per heavy atom. The zero-order valence-corrected chi connectivity index (χ0v) is 19.9. The molecule has 8 heteroatoms. The van der Waals surface area contributed by atoms with Gasteiger partial charge in [0.15, 0.2) is 0 Å². The van der Waals surface area contributed by atoms with Crippen molar-refractivity contribution in [3.8, 4) is 0 Å². The summed E-state index contributed by atoms with van der Waals surface area (Å²) in [5, 5.41) is 10.2. The molecule has 35 heavy (non-hydrogen) atoms. The quantitative estimate of drug-likeness (QED) is 0.528. The summed E-state index contributed by atoms with van der Waals surface area (Å²) in [5.41, 5.74) is 3.77. The first-order valence-corrected chi connectivity index (χ1v) is 12.1. The molecule has 184 valence electrons. The van der Waals surface area contributed by atoms with Crippen molar-refractivity contribution in [2.75, 3.05) is 39.9 Å². The van der Waals surface area contributed by atoms with Crippen LogP contribution in [0.15, 0.2) is 42.5 Å². The number of hydrogen-bond donors (Lipinski definition) is 1. The largest absolute Gasteiger partial charge is 0.465 e. The van der Waals surface area contributed by atoms with E-state index in [1.54, 1.807) is 18.2 Å². The van der Waals surface area contributed by atoms with Gasteiger partial charge >= 0.3 is 5.97 Å². The average Bonchev–Trinajstić information content (AvgIpc) is 3.46. The molecule has 7 nitrogen and oxygen atoms in total. The Morgan fingerprint density at radius 2 is 1.94 bits per heavy atom. The predicted octanol–water partition coefficient (Wildman–Crippen LogP) is 3.07. The van der Waals surface area contributed by atoms with E-state index in [1.807, 2.05) is 17.0 Å². The Labute approximate surface area is 203 Å². The molecule has 1 aromatic heterocycles. The molecule has 0 aliphatic carbocycles. The highest BCUT2D eigenvalue weighted by atomic mass is 19.1. The lowest BCUT2D eigenvalue weighted by Crippen LogP contribution is -2.44. The first-order valence-electron chi connectivity index (χ1n) is 12.1. The van der Waals surface area contributed by atoms with Crippen LogP contribution in [-0.2, 0) is 17.7 Å². The van der Waals surface area contributed by atoms with Crippen LogP contribution in [0.2, 0.25) is 0 Å². The van der Waals surface area contributed by atoms with Crippen LogP contribution < -0.4 is 0 Å². The number of ether oxygens (including phenoxy) is 1. The lowest BCUT2D eigenvalue weighted by Gasteiger charge is -2.31. The summed E-state index contributed by atoms with van der Waals surface area (Å²) in [5.74, 6) is -0.824. The van der Waals surface area contributed by atoms with E-state index in [0.29, 0.717) is 42.6 Å². The minimum absolute atomic E-state index is 0.0682. The van der Waals surface area contributed by atoms with Gasteiger partial charge in [0, 0.05) is 55.2 Å². The molecule has 0 spiro atoms. The highest BCUT2D eigenvalue weighted by Gasteiger charge is 2.32. The third-order valence-electron chi connectivity index (χ3n) is 7.34. The van der Waals surface area contributed by atoms with Gasteiger partial charge in [-0.1, -0.05) is 12.1 Å². The van der Waals surface area contributed by atoms with E-state index < -0.39 is 0 Å². The summed E-state index contributed by atoms with van der Waals surface area (Å²) in [7, 11) is 1.35. The molecule has 0 radical (unpaired) electrons. The topological polar surface area (TPSA) is 75.0 Å². The van der Waals surface area contributed by atoms with Crippen LogP contribution in [0, 0.1) is 5.82 Å². The maximum absolute atomic E-state index is 14.2. The Bertz CT molecular complexity index is 1250. The van der Waals surface area contributed by atoms with Crippen LogP contribution >= 0.6 is 0 Å². The number of hydrogen-bond acceptors (Lipinski definition) is 5. The maximum atomic E-state index is 14.2. The van der Waals surface area contributed by atoms with Crippen LogP contribution in [0.5, 0.6) is 0 Å². The van der Waals surface area contributed by atoms with Crippen LogP contribution in [0.4, 0.5) is 4.39 Å². The molecule has 1 atom stereocenters. The molecular weight excluding hydrogens is 449 g/mol. The molecule has 2 aliphatic rings. The van der Waals surface area contributed by atoms with Crippen molar-refractivity contribution in [3.63, 3.8) is 0 Å². The van der Waals surface area contributed by atoms with E-state index in [-0.39, 0.29) is 30.3 Å². The van der Waals surface area contributed by atoms with Gasteiger partial charge in [-0.15, -0.1) is 0 Å². The normalized spacial score (nSPS) is 18.3.